The molecule has 5 rings (SSSR count). The Labute approximate surface area is 170 Å². The summed E-state index contributed by atoms with van der Waals surface area (Å²) in [6.45, 7) is 0.976. The Bertz CT molecular complexity index is 959. The molecule has 2 aliphatic carbocycles. The summed E-state index contributed by atoms with van der Waals surface area (Å²) in [4.78, 5) is 25.3. The molecule has 0 bridgehead atoms. The van der Waals surface area contributed by atoms with Crippen LogP contribution < -0.4 is 10.6 Å². The van der Waals surface area contributed by atoms with Crippen LogP contribution in [-0.4, -0.2) is 33.4 Å². The number of carbonyl (C=O) groups excluding carboxylic acids is 1. The van der Waals surface area contributed by atoms with E-state index in [0.29, 0.717) is 11.5 Å². The molecule has 2 fully saturated rings. The van der Waals surface area contributed by atoms with Crippen LogP contribution in [0, 0.1) is 5.92 Å². The third kappa shape index (κ3) is 4.26. The van der Waals surface area contributed by atoms with Gasteiger partial charge in [0.05, 0.1) is 16.6 Å². The minimum atomic E-state index is -0.0403. The molecule has 2 aromatic heterocycles. The van der Waals surface area contributed by atoms with Crippen molar-refractivity contribution in [3.05, 3.63) is 54.0 Å². The van der Waals surface area contributed by atoms with Gasteiger partial charge in [-0.1, -0.05) is 18.6 Å². The molecule has 3 N–H and O–H groups in total. The van der Waals surface area contributed by atoms with Crippen LogP contribution in [0.5, 0.6) is 0 Å². The molecule has 2 atom stereocenters. The van der Waals surface area contributed by atoms with Crippen molar-refractivity contribution >= 4 is 22.8 Å². The molecule has 150 valence electrons. The maximum Gasteiger partial charge on any atom is 0.253 e. The number of carbonyl (C=O) groups is 1. The SMILES string of the molecule is O=C(NC1CCCC(c2nc3ccccc3[nH]2)C1)c1ccc(NCC2CC2)nc1. The molecule has 1 amide bonds. The Balaban J connectivity index is 1.20. The lowest BCUT2D eigenvalue weighted by Gasteiger charge is -2.28. The van der Waals surface area contributed by atoms with Gasteiger partial charge < -0.3 is 15.6 Å². The maximum atomic E-state index is 12.7. The molecule has 2 unspecified atom stereocenters. The van der Waals surface area contributed by atoms with E-state index in [9.17, 15) is 4.79 Å². The van der Waals surface area contributed by atoms with E-state index in [-0.39, 0.29) is 11.9 Å². The van der Waals surface area contributed by atoms with Crippen molar-refractivity contribution in [2.45, 2.75) is 50.5 Å². The number of benzene rings is 1. The van der Waals surface area contributed by atoms with Gasteiger partial charge in [0.1, 0.15) is 11.6 Å². The fourth-order valence-electron chi connectivity index (χ4n) is 4.21. The molecular formula is C23H27N5O. The van der Waals surface area contributed by atoms with Gasteiger partial charge in [0, 0.05) is 24.7 Å². The van der Waals surface area contributed by atoms with Crippen LogP contribution in [0.15, 0.2) is 42.6 Å². The summed E-state index contributed by atoms with van der Waals surface area (Å²) < 4.78 is 0. The number of hydrogen-bond donors (Lipinski definition) is 3. The Morgan fingerprint density at radius 3 is 2.79 bits per heavy atom. The zero-order chi connectivity index (χ0) is 19.6. The second-order valence-corrected chi connectivity index (χ2v) is 8.43. The van der Waals surface area contributed by atoms with Gasteiger partial charge in [-0.15, -0.1) is 0 Å². The number of fused-ring (bicyclic) bond motifs is 1. The minimum absolute atomic E-state index is 0.0403. The number of imidazole rings is 1. The van der Waals surface area contributed by atoms with Crippen molar-refractivity contribution in [3.63, 3.8) is 0 Å². The summed E-state index contributed by atoms with van der Waals surface area (Å²) in [5.74, 6) is 3.00. The van der Waals surface area contributed by atoms with E-state index in [4.69, 9.17) is 4.98 Å². The highest BCUT2D eigenvalue weighted by atomic mass is 16.1. The zero-order valence-electron chi connectivity index (χ0n) is 16.5. The molecule has 2 aliphatic rings. The summed E-state index contributed by atoms with van der Waals surface area (Å²) >= 11 is 0. The number of para-hydroxylation sites is 2. The van der Waals surface area contributed by atoms with E-state index in [1.54, 1.807) is 6.20 Å². The molecule has 2 saturated carbocycles. The van der Waals surface area contributed by atoms with Crippen LogP contribution in [0.4, 0.5) is 5.82 Å². The fraction of sp³-hybridized carbons (Fsp3) is 0.435. The number of amides is 1. The Morgan fingerprint density at radius 2 is 2.00 bits per heavy atom. The molecule has 2 heterocycles. The van der Waals surface area contributed by atoms with Gasteiger partial charge in [-0.2, -0.15) is 0 Å². The van der Waals surface area contributed by atoms with E-state index in [1.165, 1.54) is 12.8 Å². The van der Waals surface area contributed by atoms with E-state index >= 15 is 0 Å². The van der Waals surface area contributed by atoms with Gasteiger partial charge in [-0.25, -0.2) is 9.97 Å². The van der Waals surface area contributed by atoms with Crippen molar-refractivity contribution in [2.75, 3.05) is 11.9 Å². The molecule has 3 aromatic rings. The first kappa shape index (κ1) is 18.2. The van der Waals surface area contributed by atoms with Crippen molar-refractivity contribution in [1.82, 2.24) is 20.3 Å². The van der Waals surface area contributed by atoms with Crippen molar-refractivity contribution in [2.24, 2.45) is 5.92 Å². The largest absolute Gasteiger partial charge is 0.370 e. The summed E-state index contributed by atoms with van der Waals surface area (Å²) in [6, 6.07) is 12.1. The number of aromatic amines is 1. The third-order valence-electron chi connectivity index (χ3n) is 6.10. The predicted octanol–water partition coefficient (Wildman–Crippen LogP) is 4.24. The van der Waals surface area contributed by atoms with Gasteiger partial charge in [0.15, 0.2) is 0 Å². The van der Waals surface area contributed by atoms with E-state index in [0.717, 1.165) is 60.8 Å². The first-order valence-corrected chi connectivity index (χ1v) is 10.7. The summed E-state index contributed by atoms with van der Waals surface area (Å²) in [7, 11) is 0. The Hall–Kier alpha value is -2.89. The first-order chi connectivity index (χ1) is 14.2. The quantitative estimate of drug-likeness (QED) is 0.589. The molecular weight excluding hydrogens is 362 g/mol. The van der Waals surface area contributed by atoms with Gasteiger partial charge in [-0.3, -0.25) is 4.79 Å². The van der Waals surface area contributed by atoms with Crippen LogP contribution in [0.25, 0.3) is 11.0 Å². The minimum Gasteiger partial charge on any atom is -0.370 e. The Kier molecular flexibility index (Phi) is 4.92. The molecule has 6 heteroatoms. The summed E-state index contributed by atoms with van der Waals surface area (Å²) in [6.07, 6.45) is 8.42. The molecule has 6 nitrogen and oxygen atoms in total. The van der Waals surface area contributed by atoms with Crippen LogP contribution in [0.3, 0.4) is 0 Å². The van der Waals surface area contributed by atoms with Crippen LogP contribution >= 0.6 is 0 Å². The number of rotatable bonds is 6. The Morgan fingerprint density at radius 1 is 1.10 bits per heavy atom. The van der Waals surface area contributed by atoms with Gasteiger partial charge in [0.2, 0.25) is 0 Å². The van der Waals surface area contributed by atoms with E-state index in [2.05, 4.69) is 26.7 Å². The van der Waals surface area contributed by atoms with Gasteiger partial charge >= 0.3 is 0 Å². The topological polar surface area (TPSA) is 82.7 Å². The van der Waals surface area contributed by atoms with Crippen LogP contribution in [0.1, 0.15) is 60.6 Å². The summed E-state index contributed by atoms with van der Waals surface area (Å²) in [5, 5.41) is 6.54. The number of nitrogens with one attached hydrogen (secondary N) is 3. The lowest BCUT2D eigenvalue weighted by atomic mass is 9.85. The van der Waals surface area contributed by atoms with E-state index < -0.39 is 0 Å². The molecule has 0 spiro atoms. The average molecular weight is 390 g/mol. The number of hydrogen-bond acceptors (Lipinski definition) is 4. The second kappa shape index (κ2) is 7.85. The van der Waals surface area contributed by atoms with E-state index in [1.807, 2.05) is 30.3 Å². The summed E-state index contributed by atoms with van der Waals surface area (Å²) in [5.41, 5.74) is 2.71. The zero-order valence-corrected chi connectivity index (χ0v) is 16.5. The van der Waals surface area contributed by atoms with Crippen molar-refractivity contribution < 1.29 is 4.79 Å². The normalized spacial score (nSPS) is 21.8. The third-order valence-corrected chi connectivity index (χ3v) is 6.10. The number of anilines is 1. The first-order valence-electron chi connectivity index (χ1n) is 10.7. The van der Waals surface area contributed by atoms with Crippen LogP contribution in [0.2, 0.25) is 0 Å². The maximum absolute atomic E-state index is 12.7. The van der Waals surface area contributed by atoms with Gasteiger partial charge in [0.25, 0.3) is 5.91 Å². The molecule has 29 heavy (non-hydrogen) atoms. The fourth-order valence-corrected chi connectivity index (χ4v) is 4.21. The molecule has 1 aromatic carbocycles. The molecule has 0 saturated heterocycles. The van der Waals surface area contributed by atoms with Crippen molar-refractivity contribution in [3.8, 4) is 0 Å². The highest BCUT2D eigenvalue weighted by Crippen LogP contribution is 2.32. The number of nitrogens with zero attached hydrogens (tertiary/aromatic N) is 2. The van der Waals surface area contributed by atoms with Crippen LogP contribution in [-0.2, 0) is 0 Å². The number of aromatic nitrogens is 3. The smallest absolute Gasteiger partial charge is 0.253 e. The second-order valence-electron chi connectivity index (χ2n) is 8.43. The standard InChI is InChI=1S/C23H27N5O/c29-23(17-10-11-21(25-14-17)24-13-15-8-9-15)26-18-5-3-4-16(12-18)22-27-19-6-1-2-7-20(19)28-22/h1-2,6-7,10-11,14-16,18H,3-5,8-9,12-13H2,(H,24,25)(H,26,29)(H,27,28). The lowest BCUT2D eigenvalue weighted by Crippen LogP contribution is -2.38. The van der Waals surface area contributed by atoms with Crippen molar-refractivity contribution in [1.29, 1.82) is 0 Å². The number of H-pyrrole nitrogens is 1. The highest BCUT2D eigenvalue weighted by Gasteiger charge is 2.27. The highest BCUT2D eigenvalue weighted by molar-refractivity contribution is 5.94. The number of pyridine rings is 1. The average Bonchev–Trinajstić information content (AvgIpc) is 3.48. The monoisotopic (exact) mass is 389 g/mol. The van der Waals surface area contributed by atoms with Gasteiger partial charge in [-0.05, 0) is 62.3 Å². The molecule has 0 radical (unpaired) electrons. The predicted molar refractivity (Wildman–Crippen MR) is 114 cm³/mol. The molecule has 0 aliphatic heterocycles. The lowest BCUT2D eigenvalue weighted by molar-refractivity contribution is 0.0924.